The lowest BCUT2D eigenvalue weighted by Crippen LogP contribution is -2.36. The van der Waals surface area contributed by atoms with E-state index in [2.05, 4.69) is 5.32 Å². The highest BCUT2D eigenvalue weighted by Crippen LogP contribution is 2.33. The molecule has 2 fully saturated rings. The van der Waals surface area contributed by atoms with Gasteiger partial charge < -0.3 is 9.47 Å². The summed E-state index contributed by atoms with van der Waals surface area (Å²) in [6.45, 7) is 5.53. The smallest absolute Gasteiger partial charge is 0.429 e. The maximum Gasteiger partial charge on any atom is 0.510 e. The van der Waals surface area contributed by atoms with Crippen molar-refractivity contribution in [2.75, 3.05) is 0 Å². The van der Waals surface area contributed by atoms with E-state index in [1.54, 1.807) is 0 Å². The monoisotopic (exact) mass is 241 g/mol. The summed E-state index contributed by atoms with van der Waals surface area (Å²) in [6.07, 6.45) is 5.27. The third-order valence-corrected chi connectivity index (χ3v) is 3.45. The highest BCUT2D eigenvalue weighted by molar-refractivity contribution is 5.60. The number of carbonyl (C=O) groups is 1. The van der Waals surface area contributed by atoms with Crippen molar-refractivity contribution in [2.45, 2.75) is 70.7 Å². The second kappa shape index (κ2) is 4.84. The Bertz CT molecular complexity index is 271. The molecule has 17 heavy (non-hydrogen) atoms. The maximum absolute atomic E-state index is 11.5. The molecule has 4 nitrogen and oxygen atoms in total. The van der Waals surface area contributed by atoms with Gasteiger partial charge in [-0.3, -0.25) is 5.32 Å². The van der Waals surface area contributed by atoms with Crippen LogP contribution in [0, 0.1) is 5.92 Å². The third kappa shape index (κ3) is 3.60. The van der Waals surface area contributed by atoms with E-state index in [9.17, 15) is 4.79 Å². The van der Waals surface area contributed by atoms with Crippen LogP contribution < -0.4 is 5.32 Å². The summed E-state index contributed by atoms with van der Waals surface area (Å²) in [5.74, 6) is 0.677. The van der Waals surface area contributed by atoms with Crippen molar-refractivity contribution in [2.24, 2.45) is 5.92 Å². The summed E-state index contributed by atoms with van der Waals surface area (Å²) in [5, 5.41) is 3.39. The summed E-state index contributed by atoms with van der Waals surface area (Å²) < 4.78 is 10.5. The second-order valence-electron chi connectivity index (χ2n) is 6.12. The first-order valence-electron chi connectivity index (χ1n) is 6.60. The van der Waals surface area contributed by atoms with Gasteiger partial charge in [0.05, 0.1) is 0 Å². The Morgan fingerprint density at radius 3 is 2.59 bits per heavy atom. The van der Waals surface area contributed by atoms with Crippen molar-refractivity contribution in [3.8, 4) is 0 Å². The van der Waals surface area contributed by atoms with E-state index in [0.717, 1.165) is 6.42 Å². The average Bonchev–Trinajstić information content (AvgIpc) is 2.55. The topological polar surface area (TPSA) is 47.6 Å². The van der Waals surface area contributed by atoms with Crippen LogP contribution in [-0.2, 0) is 9.47 Å². The Morgan fingerprint density at radius 2 is 1.94 bits per heavy atom. The number of ether oxygens (including phenoxy) is 2. The first-order chi connectivity index (χ1) is 7.94. The van der Waals surface area contributed by atoms with Gasteiger partial charge in [-0.2, -0.15) is 0 Å². The molecule has 98 valence electrons. The highest BCUT2D eigenvalue weighted by Gasteiger charge is 2.37. The molecule has 1 aliphatic carbocycles. The van der Waals surface area contributed by atoms with Crippen molar-refractivity contribution in [3.05, 3.63) is 0 Å². The lowest BCUT2D eigenvalue weighted by atomic mass is 9.85. The fourth-order valence-corrected chi connectivity index (χ4v) is 2.76. The Kier molecular flexibility index (Phi) is 3.61. The minimum atomic E-state index is -0.561. The van der Waals surface area contributed by atoms with Gasteiger partial charge in [-0.25, -0.2) is 4.79 Å². The molecule has 0 spiro atoms. The molecule has 1 N–H and O–H groups in total. The maximum atomic E-state index is 11.5. The Labute approximate surface area is 103 Å². The molecule has 1 saturated heterocycles. The molecule has 0 bridgehead atoms. The van der Waals surface area contributed by atoms with Crippen LogP contribution in [0.3, 0.4) is 0 Å². The van der Waals surface area contributed by atoms with Crippen molar-refractivity contribution >= 4 is 6.16 Å². The number of rotatable bonds is 1. The zero-order valence-electron chi connectivity index (χ0n) is 11.0. The summed E-state index contributed by atoms with van der Waals surface area (Å²) in [7, 11) is 0. The third-order valence-electron chi connectivity index (χ3n) is 3.45. The van der Waals surface area contributed by atoms with Crippen molar-refractivity contribution < 1.29 is 14.3 Å². The molecular formula is C13H23NO3. The quantitative estimate of drug-likeness (QED) is 0.717. The van der Waals surface area contributed by atoms with Gasteiger partial charge >= 0.3 is 6.16 Å². The van der Waals surface area contributed by atoms with Crippen LogP contribution in [0.1, 0.15) is 52.9 Å². The Morgan fingerprint density at radius 1 is 1.24 bits per heavy atom. The van der Waals surface area contributed by atoms with Gasteiger partial charge in [0.1, 0.15) is 5.60 Å². The SMILES string of the molecule is CC(C)(C)OC(=O)OC1CC2CCCC[C@H]2N1. The molecule has 0 aromatic heterocycles. The van der Waals surface area contributed by atoms with Gasteiger partial charge in [-0.05, 0) is 39.5 Å². The van der Waals surface area contributed by atoms with Gasteiger partial charge in [0, 0.05) is 12.5 Å². The molecule has 1 saturated carbocycles. The predicted molar refractivity (Wildman–Crippen MR) is 64.6 cm³/mol. The molecule has 0 aromatic rings. The molecule has 3 atom stereocenters. The zero-order chi connectivity index (χ0) is 12.5. The molecule has 4 heteroatoms. The van der Waals surface area contributed by atoms with Gasteiger partial charge in [-0.15, -0.1) is 0 Å². The average molecular weight is 241 g/mol. The fraction of sp³-hybridized carbons (Fsp3) is 0.923. The van der Waals surface area contributed by atoms with E-state index in [4.69, 9.17) is 9.47 Å². The van der Waals surface area contributed by atoms with Crippen molar-refractivity contribution in [3.63, 3.8) is 0 Å². The van der Waals surface area contributed by atoms with Crippen molar-refractivity contribution in [1.82, 2.24) is 5.32 Å². The minimum absolute atomic E-state index is 0.155. The summed E-state index contributed by atoms with van der Waals surface area (Å²) in [5.41, 5.74) is -0.484. The van der Waals surface area contributed by atoms with E-state index >= 15 is 0 Å². The Hall–Kier alpha value is -0.770. The van der Waals surface area contributed by atoms with Crippen LogP contribution in [0.4, 0.5) is 4.79 Å². The van der Waals surface area contributed by atoms with Crippen LogP contribution in [0.25, 0.3) is 0 Å². The van der Waals surface area contributed by atoms with Crippen LogP contribution in [0.5, 0.6) is 0 Å². The molecule has 2 rings (SSSR count). The molecule has 1 aliphatic heterocycles. The Balaban J connectivity index is 1.79. The fourth-order valence-electron chi connectivity index (χ4n) is 2.76. The lowest BCUT2D eigenvalue weighted by Gasteiger charge is -2.23. The molecule has 0 radical (unpaired) electrons. The molecule has 0 amide bonds. The first kappa shape index (κ1) is 12.7. The largest absolute Gasteiger partial charge is 0.510 e. The lowest BCUT2D eigenvalue weighted by molar-refractivity contribution is -0.0308. The summed E-state index contributed by atoms with van der Waals surface area (Å²) >= 11 is 0. The number of hydrogen-bond donors (Lipinski definition) is 1. The van der Waals surface area contributed by atoms with Gasteiger partial charge in [0.25, 0.3) is 0 Å². The van der Waals surface area contributed by atoms with E-state index < -0.39 is 11.8 Å². The second-order valence-corrected chi connectivity index (χ2v) is 6.12. The number of fused-ring (bicyclic) bond motifs is 1. The zero-order valence-corrected chi connectivity index (χ0v) is 11.0. The predicted octanol–water partition coefficient (Wildman–Crippen LogP) is 2.82. The standard InChI is InChI=1S/C13H23NO3/c1-13(2,3)17-12(15)16-11-8-9-6-4-5-7-10(9)14-11/h9-11,14H,4-8H2,1-3H3/t9?,10-,11?/m1/s1. The number of hydrogen-bond acceptors (Lipinski definition) is 4. The van der Waals surface area contributed by atoms with Gasteiger partial charge in [-0.1, -0.05) is 12.8 Å². The minimum Gasteiger partial charge on any atom is -0.429 e. The van der Waals surface area contributed by atoms with E-state index in [1.807, 2.05) is 20.8 Å². The number of carbonyl (C=O) groups excluding carboxylic acids is 1. The summed E-state index contributed by atoms with van der Waals surface area (Å²) in [4.78, 5) is 11.5. The normalized spacial score (nSPS) is 33.0. The van der Waals surface area contributed by atoms with Gasteiger partial charge in [0.2, 0.25) is 0 Å². The van der Waals surface area contributed by atoms with Crippen LogP contribution in [0.2, 0.25) is 0 Å². The van der Waals surface area contributed by atoms with E-state index in [-0.39, 0.29) is 6.23 Å². The van der Waals surface area contributed by atoms with Crippen LogP contribution in [-0.4, -0.2) is 24.0 Å². The van der Waals surface area contributed by atoms with Crippen LogP contribution in [0.15, 0.2) is 0 Å². The highest BCUT2D eigenvalue weighted by atomic mass is 16.7. The number of nitrogens with one attached hydrogen (secondary N) is 1. The molecular weight excluding hydrogens is 218 g/mol. The molecule has 0 aromatic carbocycles. The first-order valence-corrected chi connectivity index (χ1v) is 6.60. The van der Waals surface area contributed by atoms with E-state index in [1.165, 1.54) is 25.7 Å². The molecule has 2 aliphatic rings. The summed E-state index contributed by atoms with van der Waals surface area (Å²) in [6, 6.07) is 0.538. The van der Waals surface area contributed by atoms with Crippen molar-refractivity contribution in [1.29, 1.82) is 0 Å². The van der Waals surface area contributed by atoms with Gasteiger partial charge in [0.15, 0.2) is 6.23 Å². The molecule has 2 unspecified atom stereocenters. The molecule has 1 heterocycles. The van der Waals surface area contributed by atoms with Crippen LogP contribution >= 0.6 is 0 Å². The van der Waals surface area contributed by atoms with E-state index in [0.29, 0.717) is 12.0 Å².